The molecule has 5 heteroatoms. The molecule has 1 heterocycles. The van der Waals surface area contributed by atoms with Gasteiger partial charge in [0.15, 0.2) is 0 Å². The number of nitrogens with one attached hydrogen (secondary N) is 1. The maximum Gasteiger partial charge on any atom is 0.222 e. The number of rotatable bonds is 6. The summed E-state index contributed by atoms with van der Waals surface area (Å²) in [5, 5.41) is 3.53. The number of thioether (sulfide) groups is 1. The second-order valence-corrected chi connectivity index (χ2v) is 5.14. The lowest BCUT2D eigenvalue weighted by molar-refractivity contribution is -0.123. The molecule has 0 aromatic carbocycles. The van der Waals surface area contributed by atoms with Crippen molar-refractivity contribution in [2.45, 2.75) is 30.6 Å². The van der Waals surface area contributed by atoms with Crippen molar-refractivity contribution >= 4 is 17.7 Å². The Hall–Kier alpha value is -0.260. The Morgan fingerprint density at radius 2 is 2.53 bits per heavy atom. The van der Waals surface area contributed by atoms with Crippen LogP contribution in [0.4, 0.5) is 0 Å². The summed E-state index contributed by atoms with van der Waals surface area (Å²) in [4.78, 5) is 11.5. The van der Waals surface area contributed by atoms with E-state index >= 15 is 0 Å². The standard InChI is InChI=1S/C10H20N2O2S/c1-14-8(6-11)5-10(13)12-7-9-3-2-4-15-9/h8-9H,2-7,11H2,1H3,(H,12,13). The summed E-state index contributed by atoms with van der Waals surface area (Å²) in [7, 11) is 1.58. The second kappa shape index (κ2) is 7.09. The SMILES string of the molecule is COC(CN)CC(=O)NCC1CCCS1. The molecule has 0 radical (unpaired) electrons. The minimum Gasteiger partial charge on any atom is -0.380 e. The molecule has 88 valence electrons. The molecule has 1 aliphatic rings. The van der Waals surface area contributed by atoms with Gasteiger partial charge in [-0.25, -0.2) is 0 Å². The molecule has 1 aliphatic heterocycles. The van der Waals surface area contributed by atoms with Crippen LogP contribution < -0.4 is 11.1 Å². The van der Waals surface area contributed by atoms with Gasteiger partial charge in [-0.1, -0.05) is 0 Å². The number of amides is 1. The van der Waals surface area contributed by atoms with Gasteiger partial charge in [0.05, 0.1) is 12.5 Å². The zero-order valence-corrected chi connectivity index (χ0v) is 10.0. The van der Waals surface area contributed by atoms with Crippen LogP contribution in [-0.2, 0) is 9.53 Å². The van der Waals surface area contributed by atoms with Crippen LogP contribution in [0.25, 0.3) is 0 Å². The van der Waals surface area contributed by atoms with Gasteiger partial charge in [-0.2, -0.15) is 11.8 Å². The highest BCUT2D eigenvalue weighted by atomic mass is 32.2. The van der Waals surface area contributed by atoms with Crippen molar-refractivity contribution in [1.82, 2.24) is 5.32 Å². The molecule has 0 bridgehead atoms. The Labute approximate surface area is 95.3 Å². The van der Waals surface area contributed by atoms with E-state index < -0.39 is 0 Å². The molecule has 4 nitrogen and oxygen atoms in total. The Balaban J connectivity index is 2.11. The van der Waals surface area contributed by atoms with Gasteiger partial charge in [0, 0.05) is 25.4 Å². The summed E-state index contributed by atoms with van der Waals surface area (Å²) < 4.78 is 5.05. The quantitative estimate of drug-likeness (QED) is 0.694. The maximum absolute atomic E-state index is 11.5. The topological polar surface area (TPSA) is 64.3 Å². The first-order valence-corrected chi connectivity index (χ1v) is 6.42. The fourth-order valence-corrected chi connectivity index (χ4v) is 2.78. The first kappa shape index (κ1) is 12.8. The lowest BCUT2D eigenvalue weighted by Crippen LogP contribution is -2.35. The van der Waals surface area contributed by atoms with Gasteiger partial charge in [0.1, 0.15) is 0 Å². The van der Waals surface area contributed by atoms with E-state index in [0.717, 1.165) is 6.54 Å². The number of nitrogens with two attached hydrogens (primary N) is 1. The van der Waals surface area contributed by atoms with Gasteiger partial charge in [-0.15, -0.1) is 0 Å². The molecule has 2 unspecified atom stereocenters. The number of carbonyl (C=O) groups is 1. The molecule has 15 heavy (non-hydrogen) atoms. The lowest BCUT2D eigenvalue weighted by Gasteiger charge is -2.14. The maximum atomic E-state index is 11.5. The largest absolute Gasteiger partial charge is 0.380 e. The van der Waals surface area contributed by atoms with E-state index in [9.17, 15) is 4.79 Å². The highest BCUT2D eigenvalue weighted by Gasteiger charge is 2.17. The number of hydrogen-bond donors (Lipinski definition) is 2. The van der Waals surface area contributed by atoms with Crippen molar-refractivity contribution in [1.29, 1.82) is 0 Å². The molecule has 1 rings (SSSR count). The van der Waals surface area contributed by atoms with Gasteiger partial charge in [0.2, 0.25) is 5.91 Å². The van der Waals surface area contributed by atoms with Gasteiger partial charge >= 0.3 is 0 Å². The van der Waals surface area contributed by atoms with Gasteiger partial charge in [0.25, 0.3) is 0 Å². The zero-order valence-electron chi connectivity index (χ0n) is 9.20. The van der Waals surface area contributed by atoms with Gasteiger partial charge in [-0.3, -0.25) is 4.79 Å². The third-order valence-corrected chi connectivity index (χ3v) is 3.96. The number of ether oxygens (including phenoxy) is 1. The monoisotopic (exact) mass is 232 g/mol. The summed E-state index contributed by atoms with van der Waals surface area (Å²) >= 11 is 1.94. The fourth-order valence-electron chi connectivity index (χ4n) is 1.57. The van der Waals surface area contributed by atoms with E-state index in [-0.39, 0.29) is 12.0 Å². The first-order valence-electron chi connectivity index (χ1n) is 5.37. The highest BCUT2D eigenvalue weighted by molar-refractivity contribution is 8.00. The second-order valence-electron chi connectivity index (χ2n) is 3.74. The molecule has 0 aromatic heterocycles. The van der Waals surface area contributed by atoms with Gasteiger partial charge < -0.3 is 15.8 Å². The molecule has 1 saturated heterocycles. The third kappa shape index (κ3) is 4.86. The average molecular weight is 232 g/mol. The van der Waals surface area contributed by atoms with E-state index in [1.807, 2.05) is 11.8 Å². The molecule has 3 N–H and O–H groups in total. The number of methoxy groups -OCH3 is 1. The van der Waals surface area contributed by atoms with Crippen molar-refractivity contribution in [3.05, 3.63) is 0 Å². The third-order valence-electron chi connectivity index (χ3n) is 2.56. The molecule has 0 aromatic rings. The summed E-state index contributed by atoms with van der Waals surface area (Å²) in [5.41, 5.74) is 5.44. The van der Waals surface area contributed by atoms with Crippen LogP contribution in [0.2, 0.25) is 0 Å². The highest BCUT2D eigenvalue weighted by Crippen LogP contribution is 2.25. The summed E-state index contributed by atoms with van der Waals surface area (Å²) in [5.74, 6) is 1.27. The predicted molar refractivity (Wildman–Crippen MR) is 63.0 cm³/mol. The van der Waals surface area contributed by atoms with E-state index in [4.69, 9.17) is 10.5 Å². The predicted octanol–water partition coefficient (Wildman–Crippen LogP) is 0.362. The van der Waals surface area contributed by atoms with Crippen LogP contribution in [0.15, 0.2) is 0 Å². The molecule has 1 fully saturated rings. The molecule has 0 aliphatic carbocycles. The normalized spacial score (nSPS) is 22.7. The van der Waals surface area contributed by atoms with E-state index in [0.29, 0.717) is 18.2 Å². The van der Waals surface area contributed by atoms with E-state index in [2.05, 4.69) is 5.32 Å². The minimum atomic E-state index is -0.152. The Bertz CT molecular complexity index is 192. The van der Waals surface area contributed by atoms with Crippen molar-refractivity contribution in [3.63, 3.8) is 0 Å². The van der Waals surface area contributed by atoms with Crippen LogP contribution in [0.5, 0.6) is 0 Å². The van der Waals surface area contributed by atoms with Crippen molar-refractivity contribution in [2.24, 2.45) is 5.73 Å². The fraction of sp³-hybridized carbons (Fsp3) is 0.900. The Kier molecular flexibility index (Phi) is 6.05. The summed E-state index contributed by atoms with van der Waals surface area (Å²) in [6.07, 6.45) is 2.70. The molecule has 2 atom stereocenters. The van der Waals surface area contributed by atoms with Crippen LogP contribution in [0.1, 0.15) is 19.3 Å². The Morgan fingerprint density at radius 3 is 3.07 bits per heavy atom. The van der Waals surface area contributed by atoms with Crippen LogP contribution in [-0.4, -0.2) is 43.2 Å². The first-order chi connectivity index (χ1) is 7.26. The van der Waals surface area contributed by atoms with Crippen LogP contribution in [0, 0.1) is 0 Å². The Morgan fingerprint density at radius 1 is 1.73 bits per heavy atom. The summed E-state index contributed by atoms with van der Waals surface area (Å²) in [6, 6.07) is 0. The van der Waals surface area contributed by atoms with Crippen LogP contribution >= 0.6 is 11.8 Å². The molecule has 0 saturated carbocycles. The van der Waals surface area contributed by atoms with Crippen molar-refractivity contribution < 1.29 is 9.53 Å². The number of hydrogen-bond acceptors (Lipinski definition) is 4. The minimum absolute atomic E-state index is 0.0415. The van der Waals surface area contributed by atoms with E-state index in [1.54, 1.807) is 7.11 Å². The van der Waals surface area contributed by atoms with Gasteiger partial charge in [-0.05, 0) is 18.6 Å². The average Bonchev–Trinajstić information content (AvgIpc) is 2.75. The lowest BCUT2D eigenvalue weighted by atomic mass is 10.2. The zero-order chi connectivity index (χ0) is 11.1. The molecule has 0 spiro atoms. The van der Waals surface area contributed by atoms with Crippen LogP contribution in [0.3, 0.4) is 0 Å². The van der Waals surface area contributed by atoms with Crippen molar-refractivity contribution in [2.75, 3.05) is 26.0 Å². The molecular weight excluding hydrogens is 212 g/mol. The van der Waals surface area contributed by atoms with E-state index in [1.165, 1.54) is 18.6 Å². The smallest absolute Gasteiger partial charge is 0.222 e. The number of carbonyl (C=O) groups excluding carboxylic acids is 1. The molecule has 1 amide bonds. The van der Waals surface area contributed by atoms with Crippen molar-refractivity contribution in [3.8, 4) is 0 Å². The molecular formula is C10H20N2O2S. The summed E-state index contributed by atoms with van der Waals surface area (Å²) in [6.45, 7) is 1.17.